The van der Waals surface area contributed by atoms with Crippen LogP contribution in [0.2, 0.25) is 0 Å². The summed E-state index contributed by atoms with van der Waals surface area (Å²) in [6.45, 7) is 5.34. The fraction of sp³-hybridized carbons (Fsp3) is 0.455. The van der Waals surface area contributed by atoms with Gasteiger partial charge in [0.2, 0.25) is 5.88 Å². The highest BCUT2D eigenvalue weighted by atomic mass is 19.1. The van der Waals surface area contributed by atoms with Gasteiger partial charge in [0.05, 0.1) is 0 Å². The first-order valence-electron chi connectivity index (χ1n) is 10.2. The van der Waals surface area contributed by atoms with Gasteiger partial charge < -0.3 is 20.3 Å². The number of halogens is 1. The molecule has 2 amide bonds. The molecule has 2 N–H and O–H groups in total. The maximum Gasteiger partial charge on any atom is 0.315 e. The zero-order valence-electron chi connectivity index (χ0n) is 16.9. The van der Waals surface area contributed by atoms with E-state index in [0.717, 1.165) is 19.5 Å². The number of piperidine rings is 1. The van der Waals surface area contributed by atoms with E-state index in [-0.39, 0.29) is 18.4 Å². The molecule has 0 saturated carbocycles. The number of hydrogen-bond donors (Lipinski definition) is 2. The Labute approximate surface area is 171 Å². The van der Waals surface area contributed by atoms with Gasteiger partial charge >= 0.3 is 6.03 Å². The Kier molecular flexibility index (Phi) is 7.81. The molecular formula is C22H29FN4O2. The summed E-state index contributed by atoms with van der Waals surface area (Å²) >= 11 is 0. The van der Waals surface area contributed by atoms with Crippen molar-refractivity contribution < 1.29 is 13.9 Å². The second-order valence-corrected chi connectivity index (χ2v) is 7.37. The van der Waals surface area contributed by atoms with Crippen LogP contribution in [0.25, 0.3) is 0 Å². The number of pyridine rings is 1. The predicted molar refractivity (Wildman–Crippen MR) is 110 cm³/mol. The SMILES string of the molecule is CC1CCCCN1CCCNC(=O)NCc1cccnc1Oc1cccc(F)c1. The van der Waals surface area contributed by atoms with Crippen molar-refractivity contribution >= 4 is 6.03 Å². The number of benzene rings is 1. The Balaban J connectivity index is 1.42. The minimum Gasteiger partial charge on any atom is -0.439 e. The molecular weight excluding hydrogens is 371 g/mol. The van der Waals surface area contributed by atoms with E-state index in [9.17, 15) is 9.18 Å². The third kappa shape index (κ3) is 6.71. The zero-order chi connectivity index (χ0) is 20.5. The Morgan fingerprint density at radius 3 is 3.00 bits per heavy atom. The number of urea groups is 1. The fourth-order valence-corrected chi connectivity index (χ4v) is 3.50. The number of rotatable bonds is 8. The lowest BCUT2D eigenvalue weighted by molar-refractivity contribution is 0.159. The van der Waals surface area contributed by atoms with Gasteiger partial charge in [-0.1, -0.05) is 18.6 Å². The summed E-state index contributed by atoms with van der Waals surface area (Å²) in [4.78, 5) is 18.8. The summed E-state index contributed by atoms with van der Waals surface area (Å²) in [6, 6.07) is 9.88. The third-order valence-electron chi connectivity index (χ3n) is 5.15. The summed E-state index contributed by atoms with van der Waals surface area (Å²) in [6.07, 6.45) is 6.37. The monoisotopic (exact) mass is 400 g/mol. The molecule has 1 aromatic carbocycles. The van der Waals surface area contributed by atoms with Crippen molar-refractivity contribution in [2.45, 2.75) is 45.2 Å². The van der Waals surface area contributed by atoms with E-state index in [1.807, 2.05) is 6.07 Å². The Hall–Kier alpha value is -2.67. The van der Waals surface area contributed by atoms with Crippen LogP contribution in [0.1, 0.15) is 38.2 Å². The molecule has 0 radical (unpaired) electrons. The molecule has 1 saturated heterocycles. The van der Waals surface area contributed by atoms with Crippen LogP contribution in [-0.2, 0) is 6.54 Å². The molecule has 0 spiro atoms. The number of carbonyl (C=O) groups is 1. The van der Waals surface area contributed by atoms with E-state index in [1.165, 1.54) is 31.4 Å². The summed E-state index contributed by atoms with van der Waals surface area (Å²) in [5, 5.41) is 5.72. The summed E-state index contributed by atoms with van der Waals surface area (Å²) < 4.78 is 19.0. The average Bonchev–Trinajstić information content (AvgIpc) is 2.72. The summed E-state index contributed by atoms with van der Waals surface area (Å²) in [5.41, 5.74) is 0.717. The van der Waals surface area contributed by atoms with Crippen LogP contribution in [0.5, 0.6) is 11.6 Å². The van der Waals surface area contributed by atoms with E-state index in [4.69, 9.17) is 4.74 Å². The van der Waals surface area contributed by atoms with Gasteiger partial charge in [-0.3, -0.25) is 0 Å². The van der Waals surface area contributed by atoms with E-state index < -0.39 is 0 Å². The van der Waals surface area contributed by atoms with Crippen molar-refractivity contribution in [1.82, 2.24) is 20.5 Å². The third-order valence-corrected chi connectivity index (χ3v) is 5.15. The van der Waals surface area contributed by atoms with Gasteiger partial charge in [-0.15, -0.1) is 0 Å². The molecule has 2 aromatic rings. The van der Waals surface area contributed by atoms with Crippen LogP contribution in [0, 0.1) is 5.82 Å². The Morgan fingerprint density at radius 2 is 2.17 bits per heavy atom. The number of carbonyl (C=O) groups excluding carboxylic acids is 1. The highest BCUT2D eigenvalue weighted by Crippen LogP contribution is 2.23. The molecule has 1 atom stereocenters. The van der Waals surface area contributed by atoms with Gasteiger partial charge in [-0.25, -0.2) is 14.2 Å². The van der Waals surface area contributed by atoms with Crippen LogP contribution >= 0.6 is 0 Å². The number of nitrogens with zero attached hydrogens (tertiary/aromatic N) is 2. The van der Waals surface area contributed by atoms with Crippen LogP contribution in [-0.4, -0.2) is 41.6 Å². The van der Waals surface area contributed by atoms with Gasteiger partial charge in [0.15, 0.2) is 0 Å². The number of nitrogens with one attached hydrogen (secondary N) is 2. The molecule has 0 aliphatic carbocycles. The van der Waals surface area contributed by atoms with Crippen LogP contribution in [0.3, 0.4) is 0 Å². The first kappa shape index (κ1) is 21.0. The minimum absolute atomic E-state index is 0.225. The molecule has 29 heavy (non-hydrogen) atoms. The maximum absolute atomic E-state index is 13.3. The summed E-state index contributed by atoms with van der Waals surface area (Å²) in [7, 11) is 0. The molecule has 2 heterocycles. The lowest BCUT2D eigenvalue weighted by Gasteiger charge is -2.33. The van der Waals surface area contributed by atoms with Gasteiger partial charge in [0.25, 0.3) is 0 Å². The smallest absolute Gasteiger partial charge is 0.315 e. The predicted octanol–water partition coefficient (Wildman–Crippen LogP) is 4.08. The Bertz CT molecular complexity index is 802. The quantitative estimate of drug-likeness (QED) is 0.656. The fourth-order valence-electron chi connectivity index (χ4n) is 3.50. The minimum atomic E-state index is -0.378. The molecule has 3 rings (SSSR count). The van der Waals surface area contributed by atoms with Crippen molar-refractivity contribution in [3.8, 4) is 11.6 Å². The largest absolute Gasteiger partial charge is 0.439 e. The number of likely N-dealkylation sites (tertiary alicyclic amines) is 1. The van der Waals surface area contributed by atoms with E-state index in [0.29, 0.717) is 29.8 Å². The maximum atomic E-state index is 13.3. The van der Waals surface area contributed by atoms with E-state index in [2.05, 4.69) is 27.4 Å². The van der Waals surface area contributed by atoms with Gasteiger partial charge in [-0.05, 0) is 50.9 Å². The van der Waals surface area contributed by atoms with Crippen molar-refractivity contribution in [3.05, 3.63) is 54.0 Å². The molecule has 1 aliphatic rings. The molecule has 0 bridgehead atoms. The highest BCUT2D eigenvalue weighted by Gasteiger charge is 2.17. The van der Waals surface area contributed by atoms with Gasteiger partial charge in [0.1, 0.15) is 11.6 Å². The molecule has 1 unspecified atom stereocenters. The zero-order valence-corrected chi connectivity index (χ0v) is 16.9. The molecule has 6 nitrogen and oxygen atoms in total. The second kappa shape index (κ2) is 10.8. The van der Waals surface area contributed by atoms with Gasteiger partial charge in [-0.2, -0.15) is 0 Å². The average molecular weight is 400 g/mol. The number of hydrogen-bond acceptors (Lipinski definition) is 4. The normalized spacial score (nSPS) is 17.0. The second-order valence-electron chi connectivity index (χ2n) is 7.37. The highest BCUT2D eigenvalue weighted by molar-refractivity contribution is 5.73. The first-order chi connectivity index (χ1) is 14.1. The molecule has 1 aliphatic heterocycles. The molecule has 1 aromatic heterocycles. The molecule has 156 valence electrons. The van der Waals surface area contributed by atoms with Crippen molar-refractivity contribution in [2.24, 2.45) is 0 Å². The van der Waals surface area contributed by atoms with Crippen LogP contribution in [0.4, 0.5) is 9.18 Å². The van der Waals surface area contributed by atoms with Crippen molar-refractivity contribution in [2.75, 3.05) is 19.6 Å². The molecule has 1 fully saturated rings. The van der Waals surface area contributed by atoms with Gasteiger partial charge in [0, 0.05) is 43.5 Å². The number of aromatic nitrogens is 1. The topological polar surface area (TPSA) is 66.5 Å². The standard InChI is InChI=1S/C22H29FN4O2/c1-17-7-2-3-13-27(17)14-6-12-25-22(28)26-16-18-8-5-11-24-21(18)29-20-10-4-9-19(23)15-20/h4-5,8-11,15,17H,2-3,6-7,12-14,16H2,1H3,(H2,25,26,28). The lowest BCUT2D eigenvalue weighted by atomic mass is 10.0. The van der Waals surface area contributed by atoms with Crippen LogP contribution < -0.4 is 15.4 Å². The van der Waals surface area contributed by atoms with E-state index >= 15 is 0 Å². The first-order valence-corrected chi connectivity index (χ1v) is 10.2. The van der Waals surface area contributed by atoms with Crippen molar-refractivity contribution in [1.29, 1.82) is 0 Å². The van der Waals surface area contributed by atoms with E-state index in [1.54, 1.807) is 24.4 Å². The Morgan fingerprint density at radius 1 is 1.28 bits per heavy atom. The molecule has 7 heteroatoms. The van der Waals surface area contributed by atoms with Crippen molar-refractivity contribution in [3.63, 3.8) is 0 Å². The van der Waals surface area contributed by atoms with Crippen LogP contribution in [0.15, 0.2) is 42.6 Å². The lowest BCUT2D eigenvalue weighted by Crippen LogP contribution is -2.40. The summed E-state index contributed by atoms with van der Waals surface area (Å²) in [5.74, 6) is 0.329. The number of ether oxygens (including phenoxy) is 1. The number of amides is 2.